The van der Waals surface area contributed by atoms with E-state index in [0.29, 0.717) is 0 Å². The van der Waals surface area contributed by atoms with Crippen molar-refractivity contribution < 1.29 is 16.4 Å². The summed E-state index contributed by atoms with van der Waals surface area (Å²) in [5.74, 6) is 0.197. The summed E-state index contributed by atoms with van der Waals surface area (Å²) in [5, 5.41) is 0. The van der Waals surface area contributed by atoms with E-state index < -0.39 is 11.6 Å². The molecule has 0 N–H and O–H groups in total. The highest BCUT2D eigenvalue weighted by atomic mass is 19.2. The fourth-order valence-electron chi connectivity index (χ4n) is 4.67. The predicted octanol–water partition coefficient (Wildman–Crippen LogP) is 6.58. The molecule has 24 heavy (non-hydrogen) atoms. The summed E-state index contributed by atoms with van der Waals surface area (Å²) >= 11 is 0. The Labute approximate surface area is 146 Å². The molecule has 1 nitrogen and oxygen atoms in total. The zero-order chi connectivity index (χ0) is 17.3. The molecule has 2 aliphatic carbocycles. The molecule has 0 unspecified atom stereocenters. The average Bonchev–Trinajstić information content (AvgIpc) is 2.60. The van der Waals surface area contributed by atoms with Crippen molar-refractivity contribution in [1.82, 2.24) is 0 Å². The van der Waals surface area contributed by atoms with E-state index in [4.69, 9.17) is 0 Å². The lowest BCUT2D eigenvalue weighted by Crippen LogP contribution is -2.28. The summed E-state index contributed by atoms with van der Waals surface area (Å²) in [6.45, 7) is 3.85. The molecule has 3 heteroatoms. The van der Waals surface area contributed by atoms with Gasteiger partial charge in [-0.25, -0.2) is 8.78 Å². The van der Waals surface area contributed by atoms with Crippen molar-refractivity contribution >= 4 is 5.78 Å². The molecular formula is C21H32F2O. The minimum absolute atomic E-state index is 0. The fraction of sp³-hybridized carbons (Fsp3) is 0.667. The molecule has 0 bridgehead atoms. The van der Waals surface area contributed by atoms with Gasteiger partial charge in [0.25, 0.3) is 0 Å². The summed E-state index contributed by atoms with van der Waals surface area (Å²) in [6.07, 6.45) is 9.07. The SMILES string of the molecule is Cc1ccc(C(=O)C2CCC(C3CCC(C)CC3)CC2)c(F)c1F.[HH].[HH]. The van der Waals surface area contributed by atoms with Crippen molar-refractivity contribution in [3.63, 3.8) is 0 Å². The van der Waals surface area contributed by atoms with Crippen molar-refractivity contribution in [2.75, 3.05) is 0 Å². The van der Waals surface area contributed by atoms with Crippen LogP contribution in [0.15, 0.2) is 12.1 Å². The van der Waals surface area contributed by atoms with Crippen LogP contribution in [0.5, 0.6) is 0 Å². The van der Waals surface area contributed by atoms with Crippen LogP contribution in [0.4, 0.5) is 8.78 Å². The number of carbonyl (C=O) groups excluding carboxylic acids is 1. The van der Waals surface area contributed by atoms with Gasteiger partial charge in [0.1, 0.15) is 0 Å². The Bertz CT molecular complexity index is 604. The van der Waals surface area contributed by atoms with E-state index in [1.54, 1.807) is 0 Å². The highest BCUT2D eigenvalue weighted by Gasteiger charge is 2.33. The van der Waals surface area contributed by atoms with Crippen LogP contribution in [0.1, 0.15) is 77.1 Å². The Morgan fingerprint density at radius 2 is 1.46 bits per heavy atom. The van der Waals surface area contributed by atoms with Crippen molar-refractivity contribution in [3.8, 4) is 0 Å². The van der Waals surface area contributed by atoms with Crippen molar-refractivity contribution in [2.24, 2.45) is 23.7 Å². The maximum absolute atomic E-state index is 14.1. The van der Waals surface area contributed by atoms with E-state index in [2.05, 4.69) is 6.92 Å². The first-order valence-electron chi connectivity index (χ1n) is 9.46. The summed E-state index contributed by atoms with van der Waals surface area (Å²) in [5.41, 5.74) is 0.187. The lowest BCUT2D eigenvalue weighted by Gasteiger charge is -2.37. The standard InChI is InChI=1S/C21H28F2O.2H2/c1-13-3-6-15(7-4-13)16-8-10-17(11-9-16)21(24)18-12-5-14(2)19(22)20(18)23;;/h5,12-13,15-17H,3-4,6-11H2,1-2H3;2*1H. The van der Waals surface area contributed by atoms with E-state index in [1.165, 1.54) is 44.7 Å². The molecule has 0 saturated heterocycles. The van der Waals surface area contributed by atoms with E-state index in [9.17, 15) is 13.6 Å². The van der Waals surface area contributed by atoms with Gasteiger partial charge in [0.15, 0.2) is 17.4 Å². The van der Waals surface area contributed by atoms with Crippen LogP contribution in [-0.4, -0.2) is 5.78 Å². The van der Waals surface area contributed by atoms with Crippen LogP contribution in [0.25, 0.3) is 0 Å². The zero-order valence-electron chi connectivity index (χ0n) is 14.8. The maximum atomic E-state index is 14.1. The second kappa shape index (κ2) is 7.33. The topological polar surface area (TPSA) is 17.1 Å². The molecule has 0 aromatic heterocycles. The number of hydrogen-bond donors (Lipinski definition) is 0. The fourth-order valence-corrected chi connectivity index (χ4v) is 4.67. The van der Waals surface area contributed by atoms with Crippen LogP contribution < -0.4 is 0 Å². The van der Waals surface area contributed by atoms with Crippen LogP contribution >= 0.6 is 0 Å². The molecule has 2 fully saturated rings. The van der Waals surface area contributed by atoms with Gasteiger partial charge in [-0.05, 0) is 74.8 Å². The predicted molar refractivity (Wildman–Crippen MR) is 96.2 cm³/mol. The van der Waals surface area contributed by atoms with Crippen LogP contribution in [0.3, 0.4) is 0 Å². The third kappa shape index (κ3) is 3.55. The van der Waals surface area contributed by atoms with E-state index in [-0.39, 0.29) is 25.7 Å². The molecule has 3 rings (SSSR count). The minimum Gasteiger partial charge on any atom is -0.294 e. The van der Waals surface area contributed by atoms with E-state index in [1.807, 2.05) is 0 Å². The monoisotopic (exact) mass is 338 g/mol. The zero-order valence-corrected chi connectivity index (χ0v) is 14.8. The van der Waals surface area contributed by atoms with Gasteiger partial charge in [-0.15, -0.1) is 0 Å². The summed E-state index contributed by atoms with van der Waals surface area (Å²) in [6, 6.07) is 2.95. The number of halogens is 2. The molecular weight excluding hydrogens is 306 g/mol. The van der Waals surface area contributed by atoms with Crippen molar-refractivity contribution in [3.05, 3.63) is 34.9 Å². The second-order valence-corrected chi connectivity index (χ2v) is 8.05. The lowest BCUT2D eigenvalue weighted by molar-refractivity contribution is 0.0827. The third-order valence-corrected chi connectivity index (χ3v) is 6.41. The van der Waals surface area contributed by atoms with Gasteiger partial charge in [0, 0.05) is 8.77 Å². The number of rotatable bonds is 3. The average molecular weight is 338 g/mol. The number of aryl methyl sites for hydroxylation is 1. The quantitative estimate of drug-likeness (QED) is 0.569. The first-order valence-corrected chi connectivity index (χ1v) is 9.46. The highest BCUT2D eigenvalue weighted by Crippen LogP contribution is 2.42. The highest BCUT2D eigenvalue weighted by molar-refractivity contribution is 5.98. The molecule has 0 heterocycles. The summed E-state index contributed by atoms with van der Waals surface area (Å²) in [7, 11) is 0. The van der Waals surface area contributed by atoms with Gasteiger partial charge in [-0.3, -0.25) is 4.79 Å². The first kappa shape index (κ1) is 17.6. The van der Waals surface area contributed by atoms with Crippen molar-refractivity contribution in [2.45, 2.75) is 65.2 Å². The smallest absolute Gasteiger partial charge is 0.169 e. The Morgan fingerprint density at radius 1 is 0.917 bits per heavy atom. The minimum atomic E-state index is -0.969. The van der Waals surface area contributed by atoms with Crippen LogP contribution in [-0.2, 0) is 0 Å². The largest absolute Gasteiger partial charge is 0.294 e. The Balaban J connectivity index is 0.00000169. The molecule has 0 radical (unpaired) electrons. The van der Waals surface area contributed by atoms with E-state index >= 15 is 0 Å². The molecule has 2 aliphatic rings. The number of ketones is 1. The molecule has 0 spiro atoms. The number of carbonyl (C=O) groups is 1. The van der Waals surface area contributed by atoms with Crippen LogP contribution in [0, 0.1) is 42.2 Å². The van der Waals surface area contributed by atoms with Crippen molar-refractivity contribution in [1.29, 1.82) is 0 Å². The summed E-state index contributed by atoms with van der Waals surface area (Å²) in [4.78, 5) is 12.6. The molecule has 0 aliphatic heterocycles. The number of hydrogen-bond acceptors (Lipinski definition) is 1. The van der Waals surface area contributed by atoms with Gasteiger partial charge in [0.05, 0.1) is 5.56 Å². The number of Topliss-reactive ketones (excluding diaryl/α,β-unsaturated/α-hetero) is 1. The van der Waals surface area contributed by atoms with E-state index in [0.717, 1.165) is 43.4 Å². The Hall–Kier alpha value is -1.25. The van der Waals surface area contributed by atoms with Crippen LogP contribution in [0.2, 0.25) is 0 Å². The first-order chi connectivity index (χ1) is 11.5. The van der Waals surface area contributed by atoms with Gasteiger partial charge in [-0.1, -0.05) is 25.8 Å². The molecule has 0 amide bonds. The molecule has 136 valence electrons. The lowest BCUT2D eigenvalue weighted by atomic mass is 9.68. The van der Waals surface area contributed by atoms with Gasteiger partial charge < -0.3 is 0 Å². The van der Waals surface area contributed by atoms with Gasteiger partial charge in [-0.2, -0.15) is 0 Å². The molecule has 2 saturated carbocycles. The Kier molecular flexibility index (Phi) is 5.36. The summed E-state index contributed by atoms with van der Waals surface area (Å²) < 4.78 is 27.8. The second-order valence-electron chi connectivity index (χ2n) is 8.05. The van der Waals surface area contributed by atoms with Gasteiger partial charge >= 0.3 is 0 Å². The molecule has 0 atom stereocenters. The molecule has 1 aromatic carbocycles. The Morgan fingerprint density at radius 3 is 2.04 bits per heavy atom. The third-order valence-electron chi connectivity index (χ3n) is 6.41. The maximum Gasteiger partial charge on any atom is 0.169 e. The normalized spacial score (nSPS) is 31.0. The van der Waals surface area contributed by atoms with Gasteiger partial charge in [0.2, 0.25) is 0 Å². The molecule has 1 aromatic rings. The number of benzene rings is 1.